The lowest BCUT2D eigenvalue weighted by atomic mass is 10.1. The standard InChI is InChI=1S/C26H37NO8Si/c1-4-33-36(34-5-2,35-6-3)18-7-15-27-26(30)32-17-8-16-31-24-13-12-22-19-21(10-14-25(28)29)9-11-23(22)20-24/h9-14,19-20H,4-8,15-18H2,1-3H3,(H,27,30)(H,28,29). The lowest BCUT2D eigenvalue weighted by Gasteiger charge is -2.28. The molecule has 0 atom stereocenters. The molecule has 0 aliphatic rings. The summed E-state index contributed by atoms with van der Waals surface area (Å²) in [7, 11) is -2.70. The number of hydrogen-bond donors (Lipinski definition) is 2. The number of alkyl carbamates (subject to hydrolysis) is 1. The summed E-state index contributed by atoms with van der Waals surface area (Å²) in [5.74, 6) is -0.267. The van der Waals surface area contributed by atoms with Gasteiger partial charge in [-0.2, -0.15) is 0 Å². The Morgan fingerprint density at radius 3 is 2.25 bits per heavy atom. The summed E-state index contributed by atoms with van der Waals surface area (Å²) < 4.78 is 28.4. The molecule has 2 rings (SSSR count). The van der Waals surface area contributed by atoms with E-state index >= 15 is 0 Å². The van der Waals surface area contributed by atoms with Gasteiger partial charge < -0.3 is 33.2 Å². The highest BCUT2D eigenvalue weighted by Crippen LogP contribution is 2.23. The van der Waals surface area contributed by atoms with E-state index in [2.05, 4.69) is 5.32 Å². The molecule has 0 aliphatic carbocycles. The number of fused-ring (bicyclic) bond motifs is 1. The Morgan fingerprint density at radius 1 is 0.917 bits per heavy atom. The minimum atomic E-state index is -2.70. The van der Waals surface area contributed by atoms with E-state index in [0.29, 0.717) is 57.6 Å². The zero-order valence-corrected chi connectivity index (χ0v) is 22.3. The molecule has 0 bridgehead atoms. The van der Waals surface area contributed by atoms with Crippen molar-refractivity contribution in [2.45, 2.75) is 39.7 Å². The fourth-order valence-corrected chi connectivity index (χ4v) is 6.18. The van der Waals surface area contributed by atoms with Crippen LogP contribution in [0.15, 0.2) is 42.5 Å². The highest BCUT2D eigenvalue weighted by atomic mass is 28.4. The molecule has 198 valence electrons. The van der Waals surface area contributed by atoms with Gasteiger partial charge in [0.1, 0.15) is 5.75 Å². The molecule has 0 aliphatic heterocycles. The van der Waals surface area contributed by atoms with Gasteiger partial charge in [0.15, 0.2) is 0 Å². The van der Waals surface area contributed by atoms with Gasteiger partial charge in [0, 0.05) is 44.9 Å². The second kappa shape index (κ2) is 15.9. The number of rotatable bonds is 17. The van der Waals surface area contributed by atoms with Crippen LogP contribution in [-0.2, 0) is 22.8 Å². The predicted octanol–water partition coefficient (Wildman–Crippen LogP) is 4.87. The Hall–Kier alpha value is -2.92. The van der Waals surface area contributed by atoms with Crippen LogP contribution in [0.3, 0.4) is 0 Å². The molecule has 0 saturated heterocycles. The number of carboxylic acid groups (broad SMARTS) is 1. The zero-order valence-electron chi connectivity index (χ0n) is 21.3. The Kier molecular flexibility index (Phi) is 13.0. The van der Waals surface area contributed by atoms with Crippen LogP contribution in [0.4, 0.5) is 4.79 Å². The van der Waals surface area contributed by atoms with Gasteiger partial charge in [-0.15, -0.1) is 0 Å². The molecule has 0 heterocycles. The van der Waals surface area contributed by atoms with Crippen LogP contribution in [0.1, 0.15) is 39.2 Å². The van der Waals surface area contributed by atoms with Gasteiger partial charge in [-0.3, -0.25) is 0 Å². The van der Waals surface area contributed by atoms with E-state index in [1.165, 1.54) is 0 Å². The van der Waals surface area contributed by atoms with Gasteiger partial charge in [-0.1, -0.05) is 18.2 Å². The van der Waals surface area contributed by atoms with Gasteiger partial charge in [0.05, 0.1) is 13.2 Å². The van der Waals surface area contributed by atoms with E-state index in [4.69, 9.17) is 27.9 Å². The summed E-state index contributed by atoms with van der Waals surface area (Å²) in [6.07, 6.45) is 3.42. The normalized spacial score (nSPS) is 11.6. The molecule has 2 aromatic carbocycles. The Labute approximate surface area is 213 Å². The number of carbonyl (C=O) groups excluding carboxylic acids is 1. The molecule has 0 saturated carbocycles. The second-order valence-electron chi connectivity index (χ2n) is 7.79. The lowest BCUT2D eigenvalue weighted by molar-refractivity contribution is -0.131. The second-order valence-corrected chi connectivity index (χ2v) is 10.5. The number of amides is 1. The molecule has 10 heteroatoms. The predicted molar refractivity (Wildman–Crippen MR) is 140 cm³/mol. The van der Waals surface area contributed by atoms with Crippen LogP contribution in [-0.4, -0.2) is 65.6 Å². The highest BCUT2D eigenvalue weighted by molar-refractivity contribution is 6.60. The van der Waals surface area contributed by atoms with Crippen molar-refractivity contribution in [3.05, 3.63) is 48.0 Å². The van der Waals surface area contributed by atoms with E-state index in [0.717, 1.165) is 22.4 Å². The maximum absolute atomic E-state index is 11.9. The van der Waals surface area contributed by atoms with E-state index in [9.17, 15) is 9.59 Å². The van der Waals surface area contributed by atoms with Gasteiger partial charge in [0.2, 0.25) is 0 Å². The molecule has 36 heavy (non-hydrogen) atoms. The number of hydrogen-bond acceptors (Lipinski definition) is 7. The average molecular weight is 520 g/mol. The minimum Gasteiger partial charge on any atom is -0.493 e. The summed E-state index contributed by atoms with van der Waals surface area (Å²) in [6.45, 7) is 8.42. The van der Waals surface area contributed by atoms with E-state index < -0.39 is 20.9 Å². The quantitative estimate of drug-likeness (QED) is 0.173. The Morgan fingerprint density at radius 2 is 1.58 bits per heavy atom. The molecule has 1 amide bonds. The topological polar surface area (TPSA) is 113 Å². The average Bonchev–Trinajstić information content (AvgIpc) is 2.85. The number of nitrogens with one attached hydrogen (secondary N) is 1. The van der Waals surface area contributed by atoms with Crippen LogP contribution < -0.4 is 10.1 Å². The van der Waals surface area contributed by atoms with Crippen LogP contribution in [0.25, 0.3) is 16.8 Å². The smallest absolute Gasteiger partial charge is 0.493 e. The summed E-state index contributed by atoms with van der Waals surface area (Å²) in [5, 5.41) is 13.5. The highest BCUT2D eigenvalue weighted by Gasteiger charge is 2.39. The SMILES string of the molecule is CCO[Si](CCCNC(=O)OCCCOc1ccc2cc(C=CC(=O)O)ccc2c1)(OCC)OCC. The molecular weight excluding hydrogens is 482 g/mol. The van der Waals surface area contributed by atoms with Crippen LogP contribution in [0.5, 0.6) is 5.75 Å². The van der Waals surface area contributed by atoms with E-state index in [1.807, 2.05) is 57.2 Å². The van der Waals surface area contributed by atoms with Crippen molar-refractivity contribution < 1.29 is 37.4 Å². The molecule has 9 nitrogen and oxygen atoms in total. The van der Waals surface area contributed by atoms with Crippen molar-refractivity contribution in [2.75, 3.05) is 39.6 Å². The summed E-state index contributed by atoms with van der Waals surface area (Å²) in [4.78, 5) is 22.6. The van der Waals surface area contributed by atoms with Gasteiger partial charge >= 0.3 is 20.9 Å². The molecule has 0 fully saturated rings. The first-order valence-electron chi connectivity index (χ1n) is 12.3. The lowest BCUT2D eigenvalue weighted by Crippen LogP contribution is -2.46. The number of aliphatic carboxylic acids is 1. The summed E-state index contributed by atoms with van der Waals surface area (Å²) >= 11 is 0. The maximum atomic E-state index is 11.9. The van der Waals surface area contributed by atoms with E-state index in [1.54, 1.807) is 6.08 Å². The molecule has 0 radical (unpaired) electrons. The summed E-state index contributed by atoms with van der Waals surface area (Å²) in [6, 6.07) is 12.0. The third kappa shape index (κ3) is 10.4. The molecule has 2 N–H and O–H groups in total. The number of ether oxygens (including phenoxy) is 2. The summed E-state index contributed by atoms with van der Waals surface area (Å²) in [5.41, 5.74) is 0.813. The van der Waals surface area contributed by atoms with Gasteiger partial charge in [0.25, 0.3) is 0 Å². The van der Waals surface area contributed by atoms with Crippen molar-refractivity contribution in [3.8, 4) is 5.75 Å². The Bertz CT molecular complexity index is 980. The number of carbonyl (C=O) groups is 2. The first-order chi connectivity index (χ1) is 17.4. The first kappa shape index (κ1) is 29.3. The minimum absolute atomic E-state index is 0.244. The van der Waals surface area contributed by atoms with Crippen molar-refractivity contribution in [1.29, 1.82) is 0 Å². The largest absolute Gasteiger partial charge is 0.500 e. The molecule has 0 unspecified atom stereocenters. The van der Waals surface area contributed by atoms with Gasteiger partial charge in [-0.05, 0) is 67.8 Å². The van der Waals surface area contributed by atoms with Crippen LogP contribution in [0, 0.1) is 0 Å². The molecule has 0 aromatic heterocycles. The van der Waals surface area contributed by atoms with Gasteiger partial charge in [-0.25, -0.2) is 9.59 Å². The third-order valence-electron chi connectivity index (χ3n) is 5.07. The fourth-order valence-electron chi connectivity index (χ4n) is 3.56. The van der Waals surface area contributed by atoms with Crippen molar-refractivity contribution >= 4 is 37.7 Å². The van der Waals surface area contributed by atoms with Crippen molar-refractivity contribution in [3.63, 3.8) is 0 Å². The molecule has 0 spiro atoms. The molecular formula is C26H37NO8Si. The van der Waals surface area contributed by atoms with Crippen LogP contribution in [0.2, 0.25) is 6.04 Å². The van der Waals surface area contributed by atoms with Crippen molar-refractivity contribution in [2.24, 2.45) is 0 Å². The molecule has 2 aromatic rings. The third-order valence-corrected chi connectivity index (χ3v) is 8.22. The first-order valence-corrected chi connectivity index (χ1v) is 14.2. The monoisotopic (exact) mass is 519 g/mol. The number of benzene rings is 2. The number of carboxylic acids is 1. The maximum Gasteiger partial charge on any atom is 0.500 e. The van der Waals surface area contributed by atoms with Crippen molar-refractivity contribution in [1.82, 2.24) is 5.32 Å². The fraction of sp³-hybridized carbons (Fsp3) is 0.462. The van der Waals surface area contributed by atoms with Crippen LogP contribution >= 0.6 is 0 Å². The Balaban J connectivity index is 1.67. The van der Waals surface area contributed by atoms with E-state index in [-0.39, 0.29) is 6.61 Å². The zero-order chi connectivity index (χ0) is 26.2.